The highest BCUT2D eigenvalue weighted by atomic mass is 32.2. The molecule has 3 aromatic rings. The summed E-state index contributed by atoms with van der Waals surface area (Å²) in [4.78, 5) is 29.0. The summed E-state index contributed by atoms with van der Waals surface area (Å²) < 4.78 is 51.2. The van der Waals surface area contributed by atoms with E-state index in [1.807, 2.05) is 13.8 Å². The fourth-order valence-electron chi connectivity index (χ4n) is 5.68. The monoisotopic (exact) mass is 715 g/mol. The number of aromatic nitrogens is 1. The Morgan fingerprint density at radius 1 is 1.14 bits per heavy atom. The van der Waals surface area contributed by atoms with Crippen LogP contribution in [-0.2, 0) is 14.8 Å². The van der Waals surface area contributed by atoms with Gasteiger partial charge in [-0.1, -0.05) is 12.1 Å². The standard InChI is InChI=1S/C35H49N5O9S/c1-22-19-40(23(2)21-41)34(42)30-18-27(36-35(43)37-33-25(4)38-49-26(33)5)11-16-31(30)48-24(3)10-8-9-17-47-32(22)20-39(6)50(44,45)29-14-12-28(46-7)13-15-29/h11-16,18,22-24,32,41H,8-10,17,19-21H2,1-7H3,(H2,36,37,43)/t22-,23-,24-,32+/m1/s1. The maximum atomic E-state index is 14.4. The van der Waals surface area contributed by atoms with Crippen LogP contribution in [0.5, 0.6) is 11.5 Å². The van der Waals surface area contributed by atoms with Gasteiger partial charge in [-0.25, -0.2) is 13.2 Å². The highest BCUT2D eigenvalue weighted by Gasteiger charge is 2.32. The number of nitrogens with zero attached hydrogens (tertiary/aromatic N) is 3. The Hall–Kier alpha value is -4.18. The zero-order valence-electron chi connectivity index (χ0n) is 29.8. The van der Waals surface area contributed by atoms with Gasteiger partial charge in [-0.2, -0.15) is 4.31 Å². The van der Waals surface area contributed by atoms with Crippen LogP contribution in [-0.4, -0.2) is 98.5 Å². The number of aliphatic hydroxyl groups excluding tert-OH is 1. The SMILES string of the molecule is COc1ccc(S(=O)(=O)N(C)C[C@@H]2OCCCC[C@@H](C)Oc3ccc(NC(=O)Nc4c(C)noc4C)cc3C(=O)N([C@H](C)CO)C[C@H]2C)cc1. The number of aryl methyl sites for hydroxylation is 2. The Bertz CT molecular complexity index is 1690. The van der Waals surface area contributed by atoms with E-state index in [2.05, 4.69) is 15.8 Å². The predicted molar refractivity (Wildman–Crippen MR) is 188 cm³/mol. The van der Waals surface area contributed by atoms with Gasteiger partial charge < -0.3 is 39.4 Å². The summed E-state index contributed by atoms with van der Waals surface area (Å²) in [6, 6.07) is 9.87. The predicted octanol–water partition coefficient (Wildman–Crippen LogP) is 5.06. The molecular formula is C35H49N5O9S. The lowest BCUT2D eigenvalue weighted by Crippen LogP contribution is -2.48. The normalized spacial score (nSPS) is 20.0. The summed E-state index contributed by atoms with van der Waals surface area (Å²) in [7, 11) is -0.847. The fourth-order valence-corrected chi connectivity index (χ4v) is 6.86. The molecule has 1 aromatic heterocycles. The molecule has 0 aliphatic carbocycles. The van der Waals surface area contributed by atoms with Crippen LogP contribution in [0, 0.1) is 19.8 Å². The minimum Gasteiger partial charge on any atom is -0.497 e. The lowest BCUT2D eigenvalue weighted by Gasteiger charge is -2.35. The molecule has 0 radical (unpaired) electrons. The maximum Gasteiger partial charge on any atom is 0.323 e. The molecular weight excluding hydrogens is 666 g/mol. The molecule has 2 aromatic carbocycles. The van der Waals surface area contributed by atoms with Gasteiger partial charge in [-0.15, -0.1) is 0 Å². The number of carbonyl (C=O) groups excluding carboxylic acids is 2. The first kappa shape index (κ1) is 38.6. The van der Waals surface area contributed by atoms with Crippen LogP contribution in [0.2, 0.25) is 0 Å². The minimum absolute atomic E-state index is 0.0372. The van der Waals surface area contributed by atoms with Crippen molar-refractivity contribution >= 4 is 33.3 Å². The number of aliphatic hydroxyl groups is 1. The van der Waals surface area contributed by atoms with E-state index in [0.29, 0.717) is 47.4 Å². The molecule has 14 nitrogen and oxygen atoms in total. The third kappa shape index (κ3) is 9.53. The van der Waals surface area contributed by atoms with Crippen molar-refractivity contribution in [3.63, 3.8) is 0 Å². The van der Waals surface area contributed by atoms with E-state index in [1.165, 1.54) is 35.5 Å². The topological polar surface area (TPSA) is 173 Å². The first-order valence-electron chi connectivity index (χ1n) is 16.7. The quantitative estimate of drug-likeness (QED) is 0.272. The summed E-state index contributed by atoms with van der Waals surface area (Å²) in [5.41, 5.74) is 1.52. The van der Waals surface area contributed by atoms with Crippen molar-refractivity contribution in [2.75, 3.05) is 51.1 Å². The van der Waals surface area contributed by atoms with Crippen molar-refractivity contribution in [3.05, 3.63) is 59.5 Å². The number of methoxy groups -OCH3 is 1. The van der Waals surface area contributed by atoms with Gasteiger partial charge in [-0.3, -0.25) is 4.79 Å². The summed E-state index contributed by atoms with van der Waals surface area (Å²) in [5.74, 6) is 0.563. The Morgan fingerprint density at radius 3 is 2.50 bits per heavy atom. The number of rotatable bonds is 9. The molecule has 0 spiro atoms. The second-order valence-electron chi connectivity index (χ2n) is 12.8. The van der Waals surface area contributed by atoms with Crippen molar-refractivity contribution in [3.8, 4) is 11.5 Å². The van der Waals surface area contributed by atoms with Crippen molar-refractivity contribution < 1.29 is 41.8 Å². The number of amides is 3. The van der Waals surface area contributed by atoms with Gasteiger partial charge in [0, 0.05) is 38.3 Å². The van der Waals surface area contributed by atoms with Crippen molar-refractivity contribution in [2.24, 2.45) is 5.92 Å². The molecule has 1 aliphatic rings. The molecule has 3 N–H and O–H groups in total. The van der Waals surface area contributed by atoms with Crippen LogP contribution >= 0.6 is 0 Å². The number of benzene rings is 2. The molecule has 0 unspecified atom stereocenters. The third-order valence-corrected chi connectivity index (χ3v) is 10.6. The fraction of sp³-hybridized carbons (Fsp3) is 0.514. The van der Waals surface area contributed by atoms with E-state index in [9.17, 15) is 23.1 Å². The number of fused-ring (bicyclic) bond motifs is 1. The molecule has 4 atom stereocenters. The number of carbonyl (C=O) groups is 2. The van der Waals surface area contributed by atoms with Crippen molar-refractivity contribution in [1.29, 1.82) is 0 Å². The van der Waals surface area contributed by atoms with Crippen LogP contribution in [0.3, 0.4) is 0 Å². The molecule has 50 heavy (non-hydrogen) atoms. The Labute approximate surface area is 294 Å². The summed E-state index contributed by atoms with van der Waals surface area (Å²) >= 11 is 0. The zero-order chi connectivity index (χ0) is 36.6. The van der Waals surface area contributed by atoms with Crippen LogP contribution < -0.4 is 20.1 Å². The average molecular weight is 716 g/mol. The molecule has 2 heterocycles. The summed E-state index contributed by atoms with van der Waals surface area (Å²) in [6.45, 7) is 9.18. The van der Waals surface area contributed by atoms with Crippen LogP contribution in [0.15, 0.2) is 51.9 Å². The molecule has 4 rings (SSSR count). The van der Waals surface area contributed by atoms with E-state index in [0.717, 1.165) is 12.8 Å². The van der Waals surface area contributed by atoms with Gasteiger partial charge in [-0.05, 0) is 89.4 Å². The number of ether oxygens (including phenoxy) is 3. The Balaban J connectivity index is 1.62. The second kappa shape index (κ2) is 17.2. The highest BCUT2D eigenvalue weighted by Crippen LogP contribution is 2.29. The molecule has 3 amide bonds. The minimum atomic E-state index is -3.86. The van der Waals surface area contributed by atoms with E-state index in [-0.39, 0.29) is 42.2 Å². The van der Waals surface area contributed by atoms with Gasteiger partial charge in [0.2, 0.25) is 10.0 Å². The first-order chi connectivity index (χ1) is 23.7. The average Bonchev–Trinajstić information content (AvgIpc) is 3.41. The van der Waals surface area contributed by atoms with Crippen LogP contribution in [0.1, 0.15) is 61.8 Å². The van der Waals surface area contributed by atoms with Crippen molar-refractivity contribution in [2.45, 2.75) is 77.0 Å². The maximum absolute atomic E-state index is 14.4. The lowest BCUT2D eigenvalue weighted by molar-refractivity contribution is -0.00834. The number of hydrogen-bond donors (Lipinski definition) is 3. The summed E-state index contributed by atoms with van der Waals surface area (Å²) in [6.07, 6.45) is 1.36. The summed E-state index contributed by atoms with van der Waals surface area (Å²) in [5, 5.41) is 19.6. The number of nitrogens with one attached hydrogen (secondary N) is 2. The lowest BCUT2D eigenvalue weighted by atomic mass is 10.0. The molecule has 0 bridgehead atoms. The third-order valence-electron chi connectivity index (χ3n) is 8.79. The molecule has 0 saturated heterocycles. The zero-order valence-corrected chi connectivity index (χ0v) is 30.6. The number of likely N-dealkylation sites (N-methyl/N-ethyl adjacent to an activating group) is 1. The number of sulfonamides is 1. The van der Waals surface area contributed by atoms with Gasteiger partial charge in [0.25, 0.3) is 5.91 Å². The van der Waals surface area contributed by atoms with Crippen LogP contribution in [0.25, 0.3) is 0 Å². The number of urea groups is 1. The van der Waals surface area contributed by atoms with Crippen LogP contribution in [0.4, 0.5) is 16.2 Å². The smallest absolute Gasteiger partial charge is 0.323 e. The Morgan fingerprint density at radius 2 is 1.86 bits per heavy atom. The van der Waals surface area contributed by atoms with Gasteiger partial charge in [0.15, 0.2) is 5.76 Å². The molecule has 15 heteroatoms. The number of anilines is 2. The number of hydrogen-bond acceptors (Lipinski definition) is 10. The van der Waals surface area contributed by atoms with Crippen molar-refractivity contribution in [1.82, 2.24) is 14.4 Å². The molecule has 0 fully saturated rings. The van der Waals surface area contributed by atoms with Gasteiger partial charge in [0.1, 0.15) is 22.9 Å². The van der Waals surface area contributed by atoms with E-state index in [4.69, 9.17) is 18.7 Å². The van der Waals surface area contributed by atoms with E-state index >= 15 is 0 Å². The van der Waals surface area contributed by atoms with Gasteiger partial charge in [0.05, 0.1) is 42.4 Å². The van der Waals surface area contributed by atoms with E-state index < -0.39 is 34.1 Å². The molecule has 1 aliphatic heterocycles. The second-order valence-corrected chi connectivity index (χ2v) is 14.8. The van der Waals surface area contributed by atoms with E-state index in [1.54, 1.807) is 51.1 Å². The molecule has 0 saturated carbocycles. The van der Waals surface area contributed by atoms with Gasteiger partial charge >= 0.3 is 6.03 Å². The molecule has 274 valence electrons. The highest BCUT2D eigenvalue weighted by molar-refractivity contribution is 7.89. The Kier molecular flexibility index (Phi) is 13.3. The largest absolute Gasteiger partial charge is 0.497 e. The first-order valence-corrected chi connectivity index (χ1v) is 18.1.